The third-order valence-electron chi connectivity index (χ3n) is 3.40. The molecule has 1 aromatic carbocycles. The van der Waals surface area contributed by atoms with Crippen LogP contribution in [-0.2, 0) is 0 Å². The lowest BCUT2D eigenvalue weighted by molar-refractivity contribution is 0.603. The highest BCUT2D eigenvalue weighted by Crippen LogP contribution is 2.23. The number of nitrogens with two attached hydrogens (primary N) is 1. The second-order valence-corrected chi connectivity index (χ2v) is 5.28. The zero-order valence-electron chi connectivity index (χ0n) is 11.8. The van der Waals surface area contributed by atoms with Crippen LogP contribution in [-0.4, -0.2) is 15.8 Å². The number of nitrogens with zero attached hydrogens (tertiary/aromatic N) is 2. The number of anilines is 1. The van der Waals surface area contributed by atoms with Gasteiger partial charge in [0.1, 0.15) is 0 Å². The van der Waals surface area contributed by atoms with Gasteiger partial charge in [-0.2, -0.15) is 5.10 Å². The molecule has 1 aromatic heterocycles. The van der Waals surface area contributed by atoms with Crippen LogP contribution < -0.4 is 22.0 Å². The third kappa shape index (κ3) is 3.21. The number of hydrazone groups is 1. The van der Waals surface area contributed by atoms with E-state index in [1.54, 1.807) is 6.20 Å². The normalized spacial score (nSPS) is 16.6. The minimum atomic E-state index is 0.128. The van der Waals surface area contributed by atoms with E-state index in [4.69, 9.17) is 18.1 Å². The first-order valence-electron chi connectivity index (χ1n) is 6.87. The van der Waals surface area contributed by atoms with E-state index in [-0.39, 0.29) is 6.04 Å². The largest absolute Gasteiger partial charge is 0.332 e. The number of rotatable bonds is 3. The lowest BCUT2D eigenvalue weighted by Crippen LogP contribution is -2.34. The molecule has 2 aromatic rings. The van der Waals surface area contributed by atoms with E-state index in [2.05, 4.69) is 26.3 Å². The van der Waals surface area contributed by atoms with Crippen molar-refractivity contribution < 1.29 is 0 Å². The summed E-state index contributed by atoms with van der Waals surface area (Å²) in [6, 6.07) is 13.9. The molecule has 1 atom stereocenters. The van der Waals surface area contributed by atoms with Crippen molar-refractivity contribution in [2.45, 2.75) is 12.5 Å². The summed E-state index contributed by atoms with van der Waals surface area (Å²) in [6.07, 6.45) is 2.61. The molecular formula is C15H16N6S. The van der Waals surface area contributed by atoms with Gasteiger partial charge in [-0.1, -0.05) is 18.2 Å². The maximum Gasteiger partial charge on any atom is 0.185 e. The summed E-state index contributed by atoms with van der Waals surface area (Å²) >= 11 is 4.96. The Bertz CT molecular complexity index is 683. The first-order valence-corrected chi connectivity index (χ1v) is 7.28. The van der Waals surface area contributed by atoms with Crippen molar-refractivity contribution in [3.63, 3.8) is 0 Å². The first kappa shape index (κ1) is 14.4. The molecule has 2 heterocycles. The lowest BCUT2D eigenvalue weighted by Gasteiger charge is -2.09. The van der Waals surface area contributed by atoms with Crippen molar-refractivity contribution in [2.75, 3.05) is 5.32 Å². The molecule has 0 bridgehead atoms. The Morgan fingerprint density at radius 2 is 2.05 bits per heavy atom. The molecule has 22 heavy (non-hydrogen) atoms. The summed E-state index contributed by atoms with van der Waals surface area (Å²) in [5.41, 5.74) is 9.49. The first-order chi connectivity index (χ1) is 10.8. The number of hydrazine groups is 1. The summed E-state index contributed by atoms with van der Waals surface area (Å²) in [5, 5.41) is 7.77. The predicted molar refractivity (Wildman–Crippen MR) is 91.3 cm³/mol. The van der Waals surface area contributed by atoms with E-state index in [0.717, 1.165) is 29.1 Å². The summed E-state index contributed by atoms with van der Waals surface area (Å²) in [6.45, 7) is 0. The van der Waals surface area contributed by atoms with Crippen LogP contribution in [0.3, 0.4) is 0 Å². The van der Waals surface area contributed by atoms with Gasteiger partial charge >= 0.3 is 0 Å². The zero-order valence-corrected chi connectivity index (χ0v) is 12.6. The standard InChI is InChI=1S/C15H16N6S/c16-19-15(22)18-11-6-4-10(5-7-11)13-9-14(21-20-13)12-3-1-2-8-17-12/h1-8,14,21H,9,16H2,(H2,18,19,22). The van der Waals surface area contributed by atoms with Crippen molar-refractivity contribution in [1.29, 1.82) is 0 Å². The zero-order chi connectivity index (χ0) is 15.4. The monoisotopic (exact) mass is 312 g/mol. The van der Waals surface area contributed by atoms with Gasteiger partial charge in [-0.05, 0) is 42.0 Å². The lowest BCUT2D eigenvalue weighted by atomic mass is 10.0. The molecule has 112 valence electrons. The van der Waals surface area contributed by atoms with Gasteiger partial charge in [-0.3, -0.25) is 4.98 Å². The Morgan fingerprint density at radius 3 is 2.73 bits per heavy atom. The number of benzene rings is 1. The van der Waals surface area contributed by atoms with Crippen LogP contribution >= 0.6 is 12.2 Å². The molecule has 0 saturated heterocycles. The Morgan fingerprint density at radius 1 is 1.23 bits per heavy atom. The van der Waals surface area contributed by atoms with E-state index in [0.29, 0.717) is 5.11 Å². The molecule has 0 fully saturated rings. The minimum Gasteiger partial charge on any atom is -0.332 e. The highest BCUT2D eigenvalue weighted by Gasteiger charge is 2.21. The van der Waals surface area contributed by atoms with Crippen LogP contribution in [0.25, 0.3) is 0 Å². The van der Waals surface area contributed by atoms with Gasteiger partial charge in [0.2, 0.25) is 0 Å². The van der Waals surface area contributed by atoms with Crippen molar-refractivity contribution >= 4 is 28.7 Å². The molecule has 1 unspecified atom stereocenters. The highest BCUT2D eigenvalue weighted by atomic mass is 32.1. The molecule has 0 amide bonds. The number of thiocarbonyl (C=S) groups is 1. The molecule has 5 N–H and O–H groups in total. The van der Waals surface area contributed by atoms with Crippen LogP contribution in [0.2, 0.25) is 0 Å². The summed E-state index contributed by atoms with van der Waals surface area (Å²) < 4.78 is 0. The fourth-order valence-electron chi connectivity index (χ4n) is 2.29. The topological polar surface area (TPSA) is 87.4 Å². The number of aromatic nitrogens is 1. The molecule has 0 radical (unpaired) electrons. The Balaban J connectivity index is 1.67. The van der Waals surface area contributed by atoms with Gasteiger partial charge in [0.15, 0.2) is 5.11 Å². The van der Waals surface area contributed by atoms with E-state index in [1.807, 2.05) is 42.5 Å². The van der Waals surface area contributed by atoms with Crippen LogP contribution in [0.5, 0.6) is 0 Å². The van der Waals surface area contributed by atoms with Gasteiger partial charge in [-0.15, -0.1) is 0 Å². The molecule has 7 heteroatoms. The quantitative estimate of drug-likeness (QED) is 0.392. The Kier molecular flexibility index (Phi) is 4.27. The summed E-state index contributed by atoms with van der Waals surface area (Å²) in [5.74, 6) is 5.23. The fourth-order valence-corrected chi connectivity index (χ4v) is 2.41. The number of pyridine rings is 1. The number of nitrogens with one attached hydrogen (secondary N) is 3. The highest BCUT2D eigenvalue weighted by molar-refractivity contribution is 7.80. The van der Waals surface area contributed by atoms with Gasteiger partial charge < -0.3 is 16.2 Å². The number of hydrogen-bond donors (Lipinski definition) is 4. The molecule has 1 aliphatic heterocycles. The summed E-state index contributed by atoms with van der Waals surface area (Å²) in [7, 11) is 0. The Labute approximate surface area is 133 Å². The van der Waals surface area contributed by atoms with Crippen LogP contribution in [0.15, 0.2) is 53.8 Å². The van der Waals surface area contributed by atoms with Crippen LogP contribution in [0.1, 0.15) is 23.7 Å². The van der Waals surface area contributed by atoms with Crippen LogP contribution in [0.4, 0.5) is 5.69 Å². The predicted octanol–water partition coefficient (Wildman–Crippen LogP) is 1.68. The van der Waals surface area contributed by atoms with Crippen molar-refractivity contribution in [3.05, 3.63) is 59.9 Å². The SMILES string of the molecule is NNC(=S)Nc1ccc(C2=NNC(c3ccccn3)C2)cc1. The van der Waals surface area contributed by atoms with Gasteiger partial charge in [0.25, 0.3) is 0 Å². The second kappa shape index (κ2) is 6.50. The molecule has 1 aliphatic rings. The Hall–Kier alpha value is -2.51. The fraction of sp³-hybridized carbons (Fsp3) is 0.133. The smallest absolute Gasteiger partial charge is 0.185 e. The average Bonchev–Trinajstić information content (AvgIpc) is 3.06. The molecule has 0 aliphatic carbocycles. The van der Waals surface area contributed by atoms with Gasteiger partial charge in [0, 0.05) is 18.3 Å². The molecule has 0 saturated carbocycles. The minimum absolute atomic E-state index is 0.128. The van der Waals surface area contributed by atoms with E-state index in [9.17, 15) is 0 Å². The second-order valence-electron chi connectivity index (χ2n) is 4.87. The van der Waals surface area contributed by atoms with Crippen molar-refractivity contribution in [3.8, 4) is 0 Å². The van der Waals surface area contributed by atoms with Crippen molar-refractivity contribution in [1.82, 2.24) is 15.8 Å². The summed E-state index contributed by atoms with van der Waals surface area (Å²) in [4.78, 5) is 4.37. The maximum atomic E-state index is 5.23. The average molecular weight is 312 g/mol. The maximum absolute atomic E-state index is 5.23. The van der Waals surface area contributed by atoms with E-state index >= 15 is 0 Å². The molecule has 3 rings (SSSR count). The number of hydrogen-bond acceptors (Lipinski definition) is 5. The van der Waals surface area contributed by atoms with E-state index in [1.165, 1.54) is 0 Å². The van der Waals surface area contributed by atoms with Gasteiger partial charge in [0.05, 0.1) is 17.4 Å². The van der Waals surface area contributed by atoms with Gasteiger partial charge in [-0.25, -0.2) is 5.84 Å². The van der Waals surface area contributed by atoms with E-state index < -0.39 is 0 Å². The molecule has 6 nitrogen and oxygen atoms in total. The third-order valence-corrected chi connectivity index (χ3v) is 3.62. The molecular weight excluding hydrogens is 296 g/mol. The van der Waals surface area contributed by atoms with Crippen molar-refractivity contribution in [2.24, 2.45) is 10.9 Å². The molecule has 0 spiro atoms. The van der Waals surface area contributed by atoms with Crippen LogP contribution in [0, 0.1) is 0 Å².